The molecule has 0 radical (unpaired) electrons. The Labute approximate surface area is 99.9 Å². The van der Waals surface area contributed by atoms with Gasteiger partial charge in [0.15, 0.2) is 0 Å². The lowest BCUT2D eigenvalue weighted by atomic mass is 9.77. The lowest BCUT2D eigenvalue weighted by Crippen LogP contribution is -2.58. The summed E-state index contributed by atoms with van der Waals surface area (Å²) in [5, 5.41) is 3.34. The molecular weight excluding hydrogens is 231 g/mol. The predicted molar refractivity (Wildman–Crippen MR) is 58.8 cm³/mol. The van der Waals surface area contributed by atoms with Crippen molar-refractivity contribution in [1.82, 2.24) is 5.32 Å². The average Bonchev–Trinajstić information content (AvgIpc) is 2.24. The second-order valence-electron chi connectivity index (χ2n) is 5.49. The van der Waals surface area contributed by atoms with Crippen LogP contribution in [0.4, 0.5) is 13.2 Å². The van der Waals surface area contributed by atoms with Gasteiger partial charge in [-0.3, -0.25) is 0 Å². The van der Waals surface area contributed by atoms with Crippen molar-refractivity contribution in [2.24, 2.45) is 5.92 Å². The standard InChI is InChI=1S/C12H20F3NO/c1-8-9(2)17-11(7-16-8)5-3-10(4-6-11)12(13,14)15/h8-10,16H,3-7H2,1-2H3. The van der Waals surface area contributed by atoms with Crippen molar-refractivity contribution in [1.29, 1.82) is 0 Å². The zero-order chi connectivity index (χ0) is 12.7. The fourth-order valence-electron chi connectivity index (χ4n) is 2.82. The molecule has 1 saturated heterocycles. The van der Waals surface area contributed by atoms with E-state index in [9.17, 15) is 13.2 Å². The third kappa shape index (κ3) is 2.76. The van der Waals surface area contributed by atoms with Gasteiger partial charge in [0, 0.05) is 12.6 Å². The second kappa shape index (κ2) is 4.43. The Hall–Kier alpha value is -0.290. The van der Waals surface area contributed by atoms with Crippen LogP contribution in [0.5, 0.6) is 0 Å². The highest BCUT2D eigenvalue weighted by Gasteiger charge is 2.48. The lowest BCUT2D eigenvalue weighted by Gasteiger charge is -2.47. The average molecular weight is 251 g/mol. The van der Waals surface area contributed by atoms with Gasteiger partial charge in [-0.25, -0.2) is 0 Å². The van der Waals surface area contributed by atoms with E-state index in [0.717, 1.165) is 0 Å². The van der Waals surface area contributed by atoms with Crippen molar-refractivity contribution >= 4 is 0 Å². The molecule has 1 spiro atoms. The fraction of sp³-hybridized carbons (Fsp3) is 1.00. The summed E-state index contributed by atoms with van der Waals surface area (Å²) < 4.78 is 43.7. The van der Waals surface area contributed by atoms with Gasteiger partial charge in [-0.05, 0) is 39.5 Å². The van der Waals surface area contributed by atoms with E-state index in [-0.39, 0.29) is 30.6 Å². The Kier molecular flexibility index (Phi) is 3.42. The van der Waals surface area contributed by atoms with Crippen LogP contribution in [0.1, 0.15) is 39.5 Å². The molecule has 1 N–H and O–H groups in total. The van der Waals surface area contributed by atoms with Gasteiger partial charge in [0.25, 0.3) is 0 Å². The predicted octanol–water partition coefficient (Wildman–Crippen LogP) is 2.87. The maximum absolute atomic E-state index is 12.6. The first kappa shape index (κ1) is 13.1. The normalized spacial score (nSPS) is 43.9. The maximum atomic E-state index is 12.6. The molecule has 0 aromatic rings. The molecule has 2 nitrogen and oxygen atoms in total. The molecule has 100 valence electrons. The topological polar surface area (TPSA) is 21.3 Å². The van der Waals surface area contributed by atoms with Crippen molar-refractivity contribution in [2.75, 3.05) is 6.54 Å². The van der Waals surface area contributed by atoms with Gasteiger partial charge in [-0.2, -0.15) is 13.2 Å². The van der Waals surface area contributed by atoms with Crippen molar-refractivity contribution in [3.63, 3.8) is 0 Å². The van der Waals surface area contributed by atoms with Crippen LogP contribution in [-0.4, -0.2) is 30.5 Å². The van der Waals surface area contributed by atoms with Crippen LogP contribution in [0.25, 0.3) is 0 Å². The number of rotatable bonds is 0. The molecule has 17 heavy (non-hydrogen) atoms. The van der Waals surface area contributed by atoms with Crippen molar-refractivity contribution in [2.45, 2.75) is 63.5 Å². The molecule has 0 aromatic heterocycles. The van der Waals surface area contributed by atoms with Gasteiger partial charge in [-0.15, -0.1) is 0 Å². The van der Waals surface area contributed by atoms with Crippen LogP contribution in [0.15, 0.2) is 0 Å². The molecule has 1 heterocycles. The number of halogens is 3. The van der Waals surface area contributed by atoms with E-state index in [1.165, 1.54) is 0 Å². The summed E-state index contributed by atoms with van der Waals surface area (Å²) in [6, 6.07) is 0.279. The van der Waals surface area contributed by atoms with E-state index >= 15 is 0 Å². The summed E-state index contributed by atoms with van der Waals surface area (Å²) in [6.07, 6.45) is -2.53. The van der Waals surface area contributed by atoms with Crippen molar-refractivity contribution < 1.29 is 17.9 Å². The summed E-state index contributed by atoms with van der Waals surface area (Å²) in [4.78, 5) is 0. The highest BCUT2D eigenvalue weighted by molar-refractivity contribution is 4.95. The Morgan fingerprint density at radius 2 is 1.76 bits per heavy atom. The van der Waals surface area contributed by atoms with Gasteiger partial charge < -0.3 is 10.1 Å². The molecular formula is C12H20F3NO. The minimum absolute atomic E-state index is 0.0752. The Morgan fingerprint density at radius 3 is 2.24 bits per heavy atom. The molecule has 2 unspecified atom stereocenters. The Morgan fingerprint density at radius 1 is 1.18 bits per heavy atom. The minimum Gasteiger partial charge on any atom is -0.369 e. The van der Waals surface area contributed by atoms with E-state index < -0.39 is 12.1 Å². The summed E-state index contributed by atoms with van der Waals surface area (Å²) >= 11 is 0. The zero-order valence-corrected chi connectivity index (χ0v) is 10.3. The monoisotopic (exact) mass is 251 g/mol. The summed E-state index contributed by atoms with van der Waals surface area (Å²) in [6.45, 7) is 4.70. The summed E-state index contributed by atoms with van der Waals surface area (Å²) in [5.41, 5.74) is -0.353. The number of alkyl halides is 3. The van der Waals surface area contributed by atoms with Crippen molar-refractivity contribution in [3.05, 3.63) is 0 Å². The number of nitrogens with one attached hydrogen (secondary N) is 1. The highest BCUT2D eigenvalue weighted by Crippen LogP contribution is 2.43. The van der Waals surface area contributed by atoms with Gasteiger partial charge >= 0.3 is 6.18 Å². The third-order valence-corrected chi connectivity index (χ3v) is 4.25. The number of ether oxygens (including phenoxy) is 1. The molecule has 2 rings (SSSR count). The Balaban J connectivity index is 1.94. The van der Waals surface area contributed by atoms with Gasteiger partial charge in [0.1, 0.15) is 0 Å². The molecule has 1 saturated carbocycles. The number of hydrogen-bond donors (Lipinski definition) is 1. The smallest absolute Gasteiger partial charge is 0.369 e. The molecule has 2 aliphatic rings. The van der Waals surface area contributed by atoms with Gasteiger partial charge in [0.2, 0.25) is 0 Å². The van der Waals surface area contributed by atoms with E-state index in [0.29, 0.717) is 19.4 Å². The van der Waals surface area contributed by atoms with Crippen LogP contribution in [0.2, 0.25) is 0 Å². The first-order chi connectivity index (χ1) is 7.82. The second-order valence-corrected chi connectivity index (χ2v) is 5.49. The highest BCUT2D eigenvalue weighted by atomic mass is 19.4. The quantitative estimate of drug-likeness (QED) is 0.714. The van der Waals surface area contributed by atoms with E-state index in [2.05, 4.69) is 5.32 Å². The first-order valence-corrected chi connectivity index (χ1v) is 6.30. The number of hydrogen-bond acceptors (Lipinski definition) is 2. The molecule has 0 bridgehead atoms. The fourth-order valence-corrected chi connectivity index (χ4v) is 2.82. The van der Waals surface area contributed by atoms with Crippen LogP contribution < -0.4 is 5.32 Å². The van der Waals surface area contributed by atoms with E-state index in [4.69, 9.17) is 4.74 Å². The minimum atomic E-state index is -4.04. The van der Waals surface area contributed by atoms with Crippen LogP contribution in [-0.2, 0) is 4.74 Å². The first-order valence-electron chi connectivity index (χ1n) is 6.30. The molecule has 1 aliphatic heterocycles. The van der Waals surface area contributed by atoms with E-state index in [1.54, 1.807) is 0 Å². The Bertz CT molecular complexity index is 271. The maximum Gasteiger partial charge on any atom is 0.391 e. The molecule has 0 aromatic carbocycles. The van der Waals surface area contributed by atoms with Crippen LogP contribution in [0, 0.1) is 5.92 Å². The zero-order valence-electron chi connectivity index (χ0n) is 10.3. The van der Waals surface area contributed by atoms with Gasteiger partial charge in [-0.1, -0.05) is 0 Å². The molecule has 1 aliphatic carbocycles. The summed E-state index contributed by atoms with van der Waals surface area (Å²) in [7, 11) is 0. The molecule has 2 fully saturated rings. The van der Waals surface area contributed by atoms with Crippen LogP contribution >= 0.6 is 0 Å². The van der Waals surface area contributed by atoms with Crippen molar-refractivity contribution in [3.8, 4) is 0 Å². The molecule has 0 amide bonds. The SMILES string of the molecule is CC1NCC2(CCC(C(F)(F)F)CC2)OC1C. The summed E-state index contributed by atoms with van der Waals surface area (Å²) in [5.74, 6) is -1.13. The molecule has 5 heteroatoms. The molecule has 2 atom stereocenters. The lowest BCUT2D eigenvalue weighted by molar-refractivity contribution is -0.207. The van der Waals surface area contributed by atoms with Gasteiger partial charge in [0.05, 0.1) is 17.6 Å². The number of morpholine rings is 1. The van der Waals surface area contributed by atoms with Crippen LogP contribution in [0.3, 0.4) is 0 Å². The third-order valence-electron chi connectivity index (χ3n) is 4.25. The largest absolute Gasteiger partial charge is 0.391 e. The van der Waals surface area contributed by atoms with E-state index in [1.807, 2.05) is 13.8 Å².